The van der Waals surface area contributed by atoms with Crippen LogP contribution >= 0.6 is 0 Å². The van der Waals surface area contributed by atoms with Crippen molar-refractivity contribution in [2.45, 2.75) is 6.54 Å². The van der Waals surface area contributed by atoms with E-state index >= 15 is 0 Å². The number of anilines is 1. The highest BCUT2D eigenvalue weighted by Gasteiger charge is 2.06. The number of aromatic nitrogens is 1. The Morgan fingerprint density at radius 3 is 2.70 bits per heavy atom. The molecule has 0 saturated heterocycles. The number of benzene rings is 1. The number of nitrogens with one attached hydrogen (secondary N) is 2. The van der Waals surface area contributed by atoms with Crippen LogP contribution in [-0.2, 0) is 6.54 Å². The van der Waals surface area contributed by atoms with Gasteiger partial charge in [-0.25, -0.2) is 9.59 Å². The van der Waals surface area contributed by atoms with E-state index in [0.717, 1.165) is 5.69 Å². The standard InChI is InChI=1S/C14H13N3O3/c18-13(19)10-4-3-6-11(8-10)17-14(20)16-9-12-5-1-2-7-15-12/h1-8H,9H2,(H,18,19)(H2,16,17,20). The van der Waals surface area contributed by atoms with Gasteiger partial charge < -0.3 is 15.7 Å². The van der Waals surface area contributed by atoms with E-state index in [-0.39, 0.29) is 5.56 Å². The minimum absolute atomic E-state index is 0.118. The van der Waals surface area contributed by atoms with Crippen molar-refractivity contribution in [3.8, 4) is 0 Å². The Morgan fingerprint density at radius 1 is 1.15 bits per heavy atom. The first kappa shape index (κ1) is 13.5. The molecule has 0 atom stereocenters. The van der Waals surface area contributed by atoms with Crippen molar-refractivity contribution in [3.05, 3.63) is 59.9 Å². The molecule has 0 aliphatic rings. The number of hydrogen-bond acceptors (Lipinski definition) is 3. The summed E-state index contributed by atoms with van der Waals surface area (Å²) in [6.45, 7) is 0.297. The number of pyridine rings is 1. The molecule has 2 rings (SSSR count). The summed E-state index contributed by atoms with van der Waals surface area (Å²) in [4.78, 5) is 26.6. The molecule has 2 amide bonds. The van der Waals surface area contributed by atoms with Crippen LogP contribution in [0.3, 0.4) is 0 Å². The Bertz CT molecular complexity index is 614. The van der Waals surface area contributed by atoms with Gasteiger partial charge in [-0.15, -0.1) is 0 Å². The van der Waals surface area contributed by atoms with Gasteiger partial charge >= 0.3 is 12.0 Å². The second-order valence-electron chi connectivity index (χ2n) is 4.01. The van der Waals surface area contributed by atoms with Crippen molar-refractivity contribution in [1.82, 2.24) is 10.3 Å². The fourth-order valence-corrected chi connectivity index (χ4v) is 1.58. The fraction of sp³-hybridized carbons (Fsp3) is 0.0714. The van der Waals surface area contributed by atoms with Gasteiger partial charge in [0.1, 0.15) is 0 Å². The van der Waals surface area contributed by atoms with Gasteiger partial charge in [-0.2, -0.15) is 0 Å². The predicted octanol–water partition coefficient (Wildman–Crippen LogP) is 2.10. The van der Waals surface area contributed by atoms with Crippen molar-refractivity contribution >= 4 is 17.7 Å². The third-order valence-corrected chi connectivity index (χ3v) is 2.52. The van der Waals surface area contributed by atoms with Gasteiger partial charge in [0, 0.05) is 11.9 Å². The molecule has 0 saturated carbocycles. The normalized spacial score (nSPS) is 9.80. The number of amides is 2. The van der Waals surface area contributed by atoms with Crippen molar-refractivity contribution in [3.63, 3.8) is 0 Å². The van der Waals surface area contributed by atoms with Crippen molar-refractivity contribution < 1.29 is 14.7 Å². The third kappa shape index (κ3) is 3.81. The molecule has 2 aromatic rings. The van der Waals surface area contributed by atoms with E-state index in [1.807, 2.05) is 6.07 Å². The summed E-state index contributed by atoms with van der Waals surface area (Å²) < 4.78 is 0. The van der Waals surface area contributed by atoms with E-state index in [1.54, 1.807) is 30.5 Å². The van der Waals surface area contributed by atoms with Crippen molar-refractivity contribution in [2.24, 2.45) is 0 Å². The molecule has 0 fully saturated rings. The maximum Gasteiger partial charge on any atom is 0.335 e. The third-order valence-electron chi connectivity index (χ3n) is 2.52. The van der Waals surface area contributed by atoms with Crippen LogP contribution in [0, 0.1) is 0 Å². The molecule has 0 bridgehead atoms. The molecule has 6 nitrogen and oxygen atoms in total. The predicted molar refractivity (Wildman–Crippen MR) is 73.5 cm³/mol. The first-order valence-electron chi connectivity index (χ1n) is 5.93. The minimum atomic E-state index is -1.04. The molecule has 1 heterocycles. The van der Waals surface area contributed by atoms with Crippen LogP contribution in [0.2, 0.25) is 0 Å². The molecule has 1 aromatic carbocycles. The summed E-state index contributed by atoms with van der Waals surface area (Å²) in [7, 11) is 0. The lowest BCUT2D eigenvalue weighted by Gasteiger charge is -2.07. The Balaban J connectivity index is 1.91. The average molecular weight is 271 g/mol. The largest absolute Gasteiger partial charge is 0.478 e. The van der Waals surface area contributed by atoms with Crippen LogP contribution in [-0.4, -0.2) is 22.1 Å². The number of aromatic carboxylic acids is 1. The zero-order valence-electron chi connectivity index (χ0n) is 10.5. The van der Waals surface area contributed by atoms with Gasteiger partial charge in [0.05, 0.1) is 17.8 Å². The number of hydrogen-bond donors (Lipinski definition) is 3. The van der Waals surface area contributed by atoms with Gasteiger partial charge in [0.15, 0.2) is 0 Å². The highest BCUT2D eigenvalue weighted by atomic mass is 16.4. The number of urea groups is 1. The highest BCUT2D eigenvalue weighted by molar-refractivity contribution is 5.93. The molecule has 6 heteroatoms. The zero-order valence-corrected chi connectivity index (χ0v) is 10.5. The summed E-state index contributed by atoms with van der Waals surface area (Å²) in [5.41, 5.74) is 1.28. The highest BCUT2D eigenvalue weighted by Crippen LogP contribution is 2.10. The zero-order chi connectivity index (χ0) is 14.4. The smallest absolute Gasteiger partial charge is 0.335 e. The second kappa shape index (κ2) is 6.33. The van der Waals surface area contributed by atoms with Gasteiger partial charge in [-0.3, -0.25) is 4.98 Å². The van der Waals surface area contributed by atoms with Crippen LogP contribution in [0.25, 0.3) is 0 Å². The van der Waals surface area contributed by atoms with Gasteiger partial charge in [-0.05, 0) is 30.3 Å². The van der Waals surface area contributed by atoms with E-state index in [0.29, 0.717) is 12.2 Å². The topological polar surface area (TPSA) is 91.3 Å². The molecule has 102 valence electrons. The first-order valence-corrected chi connectivity index (χ1v) is 5.93. The minimum Gasteiger partial charge on any atom is -0.478 e. The van der Waals surface area contributed by atoms with Crippen LogP contribution < -0.4 is 10.6 Å². The Labute approximate surface area is 115 Å². The van der Waals surface area contributed by atoms with Gasteiger partial charge in [-0.1, -0.05) is 12.1 Å². The maximum absolute atomic E-state index is 11.7. The van der Waals surface area contributed by atoms with Crippen LogP contribution in [0.15, 0.2) is 48.7 Å². The van der Waals surface area contributed by atoms with E-state index in [2.05, 4.69) is 15.6 Å². The van der Waals surface area contributed by atoms with Gasteiger partial charge in [0.2, 0.25) is 0 Å². The summed E-state index contributed by atoms with van der Waals surface area (Å²) in [5, 5.41) is 14.1. The lowest BCUT2D eigenvalue weighted by atomic mass is 10.2. The lowest BCUT2D eigenvalue weighted by molar-refractivity contribution is 0.0697. The summed E-state index contributed by atoms with van der Waals surface area (Å²) in [6.07, 6.45) is 1.64. The number of nitrogens with zero attached hydrogens (tertiary/aromatic N) is 1. The fourth-order valence-electron chi connectivity index (χ4n) is 1.58. The molecule has 0 radical (unpaired) electrons. The Morgan fingerprint density at radius 2 is 2.00 bits per heavy atom. The van der Waals surface area contributed by atoms with Gasteiger partial charge in [0.25, 0.3) is 0 Å². The summed E-state index contributed by atoms with van der Waals surface area (Å²) >= 11 is 0. The molecular formula is C14H13N3O3. The Hall–Kier alpha value is -2.89. The number of carbonyl (C=O) groups is 2. The summed E-state index contributed by atoms with van der Waals surface area (Å²) in [5.74, 6) is -1.04. The average Bonchev–Trinajstić information content (AvgIpc) is 2.46. The summed E-state index contributed by atoms with van der Waals surface area (Å²) in [6, 6.07) is 11.0. The molecule has 1 aromatic heterocycles. The molecule has 0 aliphatic heterocycles. The molecule has 0 aliphatic carbocycles. The number of carbonyl (C=O) groups excluding carboxylic acids is 1. The van der Waals surface area contributed by atoms with E-state index in [9.17, 15) is 9.59 Å². The van der Waals surface area contributed by atoms with Crippen LogP contribution in [0.5, 0.6) is 0 Å². The quantitative estimate of drug-likeness (QED) is 0.794. The van der Waals surface area contributed by atoms with Crippen LogP contribution in [0.1, 0.15) is 16.1 Å². The van der Waals surface area contributed by atoms with Crippen LogP contribution in [0.4, 0.5) is 10.5 Å². The molecule has 0 unspecified atom stereocenters. The lowest BCUT2D eigenvalue weighted by Crippen LogP contribution is -2.28. The number of rotatable bonds is 4. The molecule has 3 N–H and O–H groups in total. The molecular weight excluding hydrogens is 258 g/mol. The van der Waals surface area contributed by atoms with Crippen molar-refractivity contribution in [2.75, 3.05) is 5.32 Å². The van der Waals surface area contributed by atoms with E-state index in [4.69, 9.17) is 5.11 Å². The second-order valence-corrected chi connectivity index (χ2v) is 4.01. The molecule has 0 spiro atoms. The maximum atomic E-state index is 11.7. The monoisotopic (exact) mass is 271 g/mol. The number of carboxylic acids is 1. The Kier molecular flexibility index (Phi) is 4.28. The molecule has 20 heavy (non-hydrogen) atoms. The van der Waals surface area contributed by atoms with Crippen molar-refractivity contribution in [1.29, 1.82) is 0 Å². The van der Waals surface area contributed by atoms with E-state index in [1.165, 1.54) is 12.1 Å². The SMILES string of the molecule is O=C(NCc1ccccn1)Nc1cccc(C(=O)O)c1. The number of carboxylic acid groups (broad SMARTS) is 1. The van der Waals surface area contributed by atoms with E-state index < -0.39 is 12.0 Å². The first-order chi connectivity index (χ1) is 9.65.